The molecule has 3 rings (SSSR count). The Labute approximate surface area is 147 Å². The summed E-state index contributed by atoms with van der Waals surface area (Å²) in [5, 5.41) is 12.1. The summed E-state index contributed by atoms with van der Waals surface area (Å²) >= 11 is 0. The van der Waals surface area contributed by atoms with Gasteiger partial charge in [-0.3, -0.25) is 0 Å². The van der Waals surface area contributed by atoms with E-state index in [0.717, 1.165) is 43.6 Å². The van der Waals surface area contributed by atoms with E-state index in [2.05, 4.69) is 36.3 Å². The molecule has 1 aliphatic carbocycles. The van der Waals surface area contributed by atoms with Crippen molar-refractivity contribution >= 4 is 0 Å². The number of hydrogen-bond donors (Lipinski definition) is 1. The number of aromatic nitrogens is 2. The maximum atomic E-state index is 14.1. The summed E-state index contributed by atoms with van der Waals surface area (Å²) in [6, 6.07) is 5.72. The zero-order valence-corrected chi connectivity index (χ0v) is 15.1. The fourth-order valence-corrected chi connectivity index (χ4v) is 3.81. The molecule has 3 nitrogen and oxygen atoms in total. The molecule has 134 valence electrons. The molecule has 0 radical (unpaired) electrons. The average molecular weight is 345 g/mol. The minimum atomic E-state index is -0.603. The molecule has 1 aromatic heterocycles. The first-order chi connectivity index (χ1) is 12.0. The predicted molar refractivity (Wildman–Crippen MR) is 95.5 cm³/mol. The van der Waals surface area contributed by atoms with E-state index >= 15 is 0 Å². The fraction of sp³-hybridized carbons (Fsp3) is 0.500. The Kier molecular flexibility index (Phi) is 5.13. The van der Waals surface area contributed by atoms with Gasteiger partial charge in [0.25, 0.3) is 0 Å². The molecule has 0 saturated carbocycles. The zero-order chi connectivity index (χ0) is 18.0. The van der Waals surface area contributed by atoms with Crippen LogP contribution in [0, 0.1) is 11.6 Å². The third kappa shape index (κ3) is 3.30. The van der Waals surface area contributed by atoms with E-state index in [1.165, 1.54) is 18.2 Å². The standard InChI is InChI=1S/C20H25F2N3/c1-4-13-9-10-20(3,12-23-5-2)19-14(13)11-17(24-25-19)18-15(21)7-6-8-16(18)22/h6-8,11,13,23H,4-5,9-10,12H2,1-3H3/t13-,20+/m0/s1. The van der Waals surface area contributed by atoms with E-state index in [9.17, 15) is 8.78 Å². The average Bonchev–Trinajstić information content (AvgIpc) is 2.60. The van der Waals surface area contributed by atoms with Crippen LogP contribution in [-0.2, 0) is 5.41 Å². The minimum absolute atomic E-state index is 0.0911. The Balaban J connectivity index is 2.10. The Bertz CT molecular complexity index is 742. The van der Waals surface area contributed by atoms with Crippen molar-refractivity contribution in [1.82, 2.24) is 15.5 Å². The number of nitrogens with zero attached hydrogens (tertiary/aromatic N) is 2. The van der Waals surface area contributed by atoms with Crippen molar-refractivity contribution in [3.63, 3.8) is 0 Å². The largest absolute Gasteiger partial charge is 0.316 e. The molecule has 1 N–H and O–H groups in total. The van der Waals surface area contributed by atoms with Crippen LogP contribution in [0.3, 0.4) is 0 Å². The third-order valence-electron chi connectivity index (χ3n) is 5.36. The molecule has 1 aromatic carbocycles. The fourth-order valence-electron chi connectivity index (χ4n) is 3.81. The van der Waals surface area contributed by atoms with Crippen molar-refractivity contribution in [2.45, 2.75) is 51.4 Å². The quantitative estimate of drug-likeness (QED) is 0.862. The Morgan fingerprint density at radius 2 is 1.92 bits per heavy atom. The molecule has 2 atom stereocenters. The van der Waals surface area contributed by atoms with Crippen LogP contribution in [0.5, 0.6) is 0 Å². The third-order valence-corrected chi connectivity index (χ3v) is 5.36. The van der Waals surface area contributed by atoms with Crippen molar-refractivity contribution in [1.29, 1.82) is 0 Å². The summed E-state index contributed by atoms with van der Waals surface area (Å²) in [6.45, 7) is 8.14. The Hall–Kier alpha value is -1.88. The van der Waals surface area contributed by atoms with Crippen LogP contribution in [0.2, 0.25) is 0 Å². The maximum Gasteiger partial charge on any atom is 0.135 e. The summed E-state index contributed by atoms with van der Waals surface area (Å²) in [5.41, 5.74) is 2.14. The molecule has 0 unspecified atom stereocenters. The van der Waals surface area contributed by atoms with Crippen LogP contribution >= 0.6 is 0 Å². The summed E-state index contributed by atoms with van der Waals surface area (Å²) in [7, 11) is 0. The van der Waals surface area contributed by atoms with Gasteiger partial charge in [0.05, 0.1) is 17.0 Å². The topological polar surface area (TPSA) is 37.8 Å². The molecular formula is C20H25F2N3. The van der Waals surface area contributed by atoms with Crippen LogP contribution in [-0.4, -0.2) is 23.3 Å². The van der Waals surface area contributed by atoms with Gasteiger partial charge in [0.15, 0.2) is 0 Å². The molecule has 1 aliphatic rings. The van der Waals surface area contributed by atoms with E-state index in [-0.39, 0.29) is 16.7 Å². The van der Waals surface area contributed by atoms with Gasteiger partial charge in [-0.25, -0.2) is 8.78 Å². The van der Waals surface area contributed by atoms with Gasteiger partial charge >= 0.3 is 0 Å². The number of fused-ring (bicyclic) bond motifs is 1. The number of halogens is 2. The summed E-state index contributed by atoms with van der Waals surface area (Å²) in [4.78, 5) is 0. The predicted octanol–water partition coefficient (Wildman–Crippen LogP) is 4.58. The number of hydrogen-bond acceptors (Lipinski definition) is 3. The van der Waals surface area contributed by atoms with E-state index in [1.54, 1.807) is 0 Å². The van der Waals surface area contributed by atoms with Crippen LogP contribution in [0.1, 0.15) is 57.2 Å². The van der Waals surface area contributed by atoms with Gasteiger partial charge in [-0.15, -0.1) is 0 Å². The first kappa shape index (κ1) is 17.9. The van der Waals surface area contributed by atoms with E-state index in [4.69, 9.17) is 0 Å². The van der Waals surface area contributed by atoms with Crippen molar-refractivity contribution in [3.8, 4) is 11.3 Å². The van der Waals surface area contributed by atoms with Gasteiger partial charge in [-0.2, -0.15) is 10.2 Å². The second-order valence-corrected chi connectivity index (χ2v) is 7.12. The van der Waals surface area contributed by atoms with Crippen molar-refractivity contribution in [3.05, 3.63) is 47.2 Å². The summed E-state index contributed by atoms with van der Waals surface area (Å²) < 4.78 is 28.3. The van der Waals surface area contributed by atoms with Crippen molar-refractivity contribution in [2.75, 3.05) is 13.1 Å². The molecule has 0 spiro atoms. The lowest BCUT2D eigenvalue weighted by Crippen LogP contribution is -2.40. The number of nitrogens with one attached hydrogen (secondary N) is 1. The van der Waals surface area contributed by atoms with E-state index in [1.807, 2.05) is 6.07 Å². The van der Waals surface area contributed by atoms with Gasteiger partial charge in [0, 0.05) is 12.0 Å². The van der Waals surface area contributed by atoms with E-state index < -0.39 is 11.6 Å². The normalized spacial score (nSPS) is 22.7. The van der Waals surface area contributed by atoms with Gasteiger partial charge in [-0.05, 0) is 55.5 Å². The van der Waals surface area contributed by atoms with Crippen LogP contribution in [0.25, 0.3) is 11.3 Å². The van der Waals surface area contributed by atoms with Crippen LogP contribution in [0.15, 0.2) is 24.3 Å². The summed E-state index contributed by atoms with van der Waals surface area (Å²) in [5.74, 6) is -0.851. The lowest BCUT2D eigenvalue weighted by Gasteiger charge is -2.38. The first-order valence-electron chi connectivity index (χ1n) is 9.03. The molecule has 5 heteroatoms. The van der Waals surface area contributed by atoms with Gasteiger partial charge < -0.3 is 5.32 Å². The number of likely N-dealkylation sites (N-methyl/N-ethyl adjacent to an activating group) is 1. The molecule has 0 saturated heterocycles. The minimum Gasteiger partial charge on any atom is -0.316 e. The number of benzene rings is 1. The highest BCUT2D eigenvalue weighted by atomic mass is 19.1. The van der Waals surface area contributed by atoms with Crippen molar-refractivity contribution in [2.24, 2.45) is 0 Å². The van der Waals surface area contributed by atoms with Crippen molar-refractivity contribution < 1.29 is 8.78 Å². The lowest BCUT2D eigenvalue weighted by molar-refractivity contribution is 0.330. The SMILES string of the molecule is CCNC[C@@]1(C)CC[C@H](CC)c2cc(-c3c(F)cccc3F)nnc21. The van der Waals surface area contributed by atoms with Crippen LogP contribution in [0.4, 0.5) is 8.78 Å². The summed E-state index contributed by atoms with van der Waals surface area (Å²) in [6.07, 6.45) is 3.07. The second-order valence-electron chi connectivity index (χ2n) is 7.12. The molecule has 0 aliphatic heterocycles. The number of rotatable bonds is 5. The smallest absolute Gasteiger partial charge is 0.135 e. The maximum absolute atomic E-state index is 14.1. The zero-order valence-electron chi connectivity index (χ0n) is 15.1. The second kappa shape index (κ2) is 7.16. The molecule has 25 heavy (non-hydrogen) atoms. The molecule has 0 amide bonds. The highest BCUT2D eigenvalue weighted by molar-refractivity contribution is 5.62. The molecule has 0 fully saturated rings. The molecule has 1 heterocycles. The van der Waals surface area contributed by atoms with Gasteiger partial charge in [0.2, 0.25) is 0 Å². The molecule has 0 bridgehead atoms. The highest BCUT2D eigenvalue weighted by Crippen LogP contribution is 2.43. The van der Waals surface area contributed by atoms with E-state index in [0.29, 0.717) is 5.92 Å². The lowest BCUT2D eigenvalue weighted by atomic mass is 9.69. The monoisotopic (exact) mass is 345 g/mol. The van der Waals surface area contributed by atoms with Crippen LogP contribution < -0.4 is 5.32 Å². The van der Waals surface area contributed by atoms with Gasteiger partial charge in [-0.1, -0.05) is 26.8 Å². The van der Waals surface area contributed by atoms with Gasteiger partial charge in [0.1, 0.15) is 11.6 Å². The molecule has 2 aromatic rings. The Morgan fingerprint density at radius 1 is 1.20 bits per heavy atom. The molecular weight excluding hydrogens is 320 g/mol. The first-order valence-corrected chi connectivity index (χ1v) is 9.03. The highest BCUT2D eigenvalue weighted by Gasteiger charge is 2.37. The Morgan fingerprint density at radius 3 is 2.56 bits per heavy atom.